The van der Waals surface area contributed by atoms with Gasteiger partial charge in [-0.15, -0.1) is 0 Å². The molecule has 1 amide bonds. The molecule has 0 aromatic heterocycles. The molecular weight excluding hydrogens is 333 g/mol. The van der Waals surface area contributed by atoms with Crippen molar-refractivity contribution in [3.8, 4) is 5.75 Å². The largest absolute Gasteiger partial charge is 0.484 e. The van der Waals surface area contributed by atoms with Crippen molar-refractivity contribution in [3.63, 3.8) is 0 Å². The molecule has 1 fully saturated rings. The Morgan fingerprint density at radius 3 is 2.85 bits per heavy atom. The quantitative estimate of drug-likeness (QED) is 0.758. The van der Waals surface area contributed by atoms with E-state index in [0.717, 1.165) is 18.4 Å². The van der Waals surface area contributed by atoms with Gasteiger partial charge < -0.3 is 14.4 Å². The van der Waals surface area contributed by atoms with Crippen molar-refractivity contribution in [2.45, 2.75) is 32.4 Å². The topological polar surface area (TPSA) is 38.8 Å². The third-order valence-corrected chi connectivity index (χ3v) is 4.47. The van der Waals surface area contributed by atoms with E-state index in [4.69, 9.17) is 9.47 Å². The van der Waals surface area contributed by atoms with Crippen molar-refractivity contribution >= 4 is 5.91 Å². The zero-order valence-electron chi connectivity index (χ0n) is 15.0. The van der Waals surface area contributed by atoms with Crippen LogP contribution in [0.3, 0.4) is 0 Å². The predicted octanol–water partition coefficient (Wildman–Crippen LogP) is 3.72. The highest BCUT2D eigenvalue weighted by atomic mass is 19.1. The number of carbonyl (C=O) groups excluding carboxylic acids is 1. The molecule has 1 aliphatic heterocycles. The molecule has 0 aliphatic carbocycles. The minimum Gasteiger partial charge on any atom is -0.484 e. The van der Waals surface area contributed by atoms with E-state index in [9.17, 15) is 9.18 Å². The van der Waals surface area contributed by atoms with Crippen LogP contribution in [0, 0.1) is 12.7 Å². The summed E-state index contributed by atoms with van der Waals surface area (Å²) in [6.45, 7) is 3.26. The molecule has 26 heavy (non-hydrogen) atoms. The summed E-state index contributed by atoms with van der Waals surface area (Å²) in [5.74, 6) is 0.170. The first kappa shape index (κ1) is 18.4. The van der Waals surface area contributed by atoms with Crippen molar-refractivity contribution in [2.75, 3.05) is 19.8 Å². The van der Waals surface area contributed by atoms with Gasteiger partial charge >= 0.3 is 0 Å². The molecule has 138 valence electrons. The first-order valence-corrected chi connectivity index (χ1v) is 8.94. The number of halogens is 1. The maximum Gasteiger partial charge on any atom is 0.260 e. The first-order valence-electron chi connectivity index (χ1n) is 8.94. The average molecular weight is 357 g/mol. The molecule has 1 aliphatic rings. The van der Waals surface area contributed by atoms with Gasteiger partial charge in [0, 0.05) is 25.3 Å². The summed E-state index contributed by atoms with van der Waals surface area (Å²) in [5, 5.41) is 0. The van der Waals surface area contributed by atoms with Crippen LogP contribution in [0.2, 0.25) is 0 Å². The number of amides is 1. The molecular formula is C21H24FNO3. The third kappa shape index (κ3) is 5.05. The van der Waals surface area contributed by atoms with Gasteiger partial charge in [0.25, 0.3) is 5.91 Å². The van der Waals surface area contributed by atoms with Crippen LogP contribution in [-0.2, 0) is 16.1 Å². The molecule has 0 saturated carbocycles. The Bertz CT molecular complexity index is 744. The number of ether oxygens (including phenoxy) is 2. The van der Waals surface area contributed by atoms with Crippen LogP contribution in [0.15, 0.2) is 48.5 Å². The summed E-state index contributed by atoms with van der Waals surface area (Å²) in [5.41, 5.74) is 1.56. The van der Waals surface area contributed by atoms with E-state index in [1.54, 1.807) is 23.1 Å². The highest BCUT2D eigenvalue weighted by molar-refractivity contribution is 5.77. The summed E-state index contributed by atoms with van der Waals surface area (Å²) in [6, 6.07) is 14.1. The second-order valence-electron chi connectivity index (χ2n) is 6.61. The maximum atomic E-state index is 14.0. The highest BCUT2D eigenvalue weighted by Crippen LogP contribution is 2.17. The van der Waals surface area contributed by atoms with Crippen LogP contribution in [-0.4, -0.2) is 36.7 Å². The second-order valence-corrected chi connectivity index (χ2v) is 6.61. The van der Waals surface area contributed by atoms with Gasteiger partial charge in [-0.1, -0.05) is 30.3 Å². The molecule has 1 saturated heterocycles. The number of hydrogen-bond acceptors (Lipinski definition) is 3. The fourth-order valence-corrected chi connectivity index (χ4v) is 3.06. The van der Waals surface area contributed by atoms with Gasteiger partial charge in [0.2, 0.25) is 0 Å². The third-order valence-electron chi connectivity index (χ3n) is 4.47. The van der Waals surface area contributed by atoms with Crippen LogP contribution < -0.4 is 4.74 Å². The Hall–Kier alpha value is -2.40. The highest BCUT2D eigenvalue weighted by Gasteiger charge is 2.23. The van der Waals surface area contributed by atoms with Gasteiger partial charge in [0.15, 0.2) is 6.61 Å². The minimum atomic E-state index is -0.308. The Morgan fingerprint density at radius 1 is 1.27 bits per heavy atom. The molecule has 0 spiro atoms. The average Bonchev–Trinajstić information content (AvgIpc) is 3.14. The molecule has 5 heteroatoms. The molecule has 1 heterocycles. The van der Waals surface area contributed by atoms with Crippen molar-refractivity contribution in [1.82, 2.24) is 4.90 Å². The Balaban J connectivity index is 1.66. The number of aryl methyl sites for hydroxylation is 1. The van der Waals surface area contributed by atoms with Gasteiger partial charge in [-0.2, -0.15) is 0 Å². The Morgan fingerprint density at radius 2 is 2.12 bits per heavy atom. The van der Waals surface area contributed by atoms with Crippen LogP contribution in [0.4, 0.5) is 4.39 Å². The van der Waals surface area contributed by atoms with E-state index in [2.05, 4.69) is 0 Å². The summed E-state index contributed by atoms with van der Waals surface area (Å²) in [7, 11) is 0. The lowest BCUT2D eigenvalue weighted by Crippen LogP contribution is -2.39. The molecule has 3 rings (SSSR count). The SMILES string of the molecule is Cc1cccc(OCC(=O)N(Cc2ccccc2F)CC2CCCO2)c1. The van der Waals surface area contributed by atoms with Gasteiger partial charge in [-0.25, -0.2) is 4.39 Å². The minimum absolute atomic E-state index is 0.00435. The van der Waals surface area contributed by atoms with Crippen molar-refractivity contribution in [1.29, 1.82) is 0 Å². The van der Waals surface area contributed by atoms with E-state index >= 15 is 0 Å². The van der Waals surface area contributed by atoms with Gasteiger partial charge in [-0.05, 0) is 43.5 Å². The molecule has 0 bridgehead atoms. The predicted molar refractivity (Wildman–Crippen MR) is 97.5 cm³/mol. The van der Waals surface area contributed by atoms with Crippen LogP contribution in [0.5, 0.6) is 5.75 Å². The molecule has 2 aromatic rings. The van der Waals surface area contributed by atoms with E-state index in [1.807, 2.05) is 31.2 Å². The number of benzene rings is 2. The van der Waals surface area contributed by atoms with Crippen molar-refractivity contribution in [2.24, 2.45) is 0 Å². The summed E-state index contributed by atoms with van der Waals surface area (Å²) in [4.78, 5) is 14.4. The molecule has 4 nitrogen and oxygen atoms in total. The zero-order valence-corrected chi connectivity index (χ0v) is 15.0. The number of hydrogen-bond donors (Lipinski definition) is 0. The smallest absolute Gasteiger partial charge is 0.260 e. The normalized spacial score (nSPS) is 16.5. The number of carbonyl (C=O) groups is 1. The molecule has 0 N–H and O–H groups in total. The zero-order chi connectivity index (χ0) is 18.4. The lowest BCUT2D eigenvalue weighted by atomic mass is 10.1. The van der Waals surface area contributed by atoms with Gasteiger partial charge in [0.1, 0.15) is 11.6 Å². The van der Waals surface area contributed by atoms with E-state index in [0.29, 0.717) is 24.5 Å². The Kier molecular flexibility index (Phi) is 6.23. The monoisotopic (exact) mass is 357 g/mol. The standard InChI is InChI=1S/C21H24FNO3/c1-16-6-4-8-18(12-16)26-15-21(24)23(14-19-9-5-11-25-19)13-17-7-2-3-10-20(17)22/h2-4,6-8,10,12,19H,5,9,11,13-15H2,1H3. The second kappa shape index (κ2) is 8.81. The lowest BCUT2D eigenvalue weighted by molar-refractivity contribution is -0.135. The van der Waals surface area contributed by atoms with Gasteiger partial charge in [-0.3, -0.25) is 4.79 Å². The number of nitrogens with zero attached hydrogens (tertiary/aromatic N) is 1. The molecule has 2 aromatic carbocycles. The van der Waals surface area contributed by atoms with E-state index in [-0.39, 0.29) is 31.0 Å². The molecule has 0 radical (unpaired) electrons. The summed E-state index contributed by atoms with van der Waals surface area (Å²) < 4.78 is 25.3. The molecule has 1 unspecified atom stereocenters. The lowest BCUT2D eigenvalue weighted by Gasteiger charge is -2.26. The first-order chi connectivity index (χ1) is 12.6. The van der Waals surface area contributed by atoms with Crippen molar-refractivity contribution in [3.05, 3.63) is 65.5 Å². The van der Waals surface area contributed by atoms with Crippen molar-refractivity contribution < 1.29 is 18.7 Å². The maximum absolute atomic E-state index is 14.0. The summed E-state index contributed by atoms with van der Waals surface area (Å²) in [6.07, 6.45) is 1.91. The van der Waals surface area contributed by atoms with Crippen LogP contribution in [0.25, 0.3) is 0 Å². The van der Waals surface area contributed by atoms with E-state index in [1.165, 1.54) is 6.07 Å². The van der Waals surface area contributed by atoms with Crippen LogP contribution >= 0.6 is 0 Å². The fraction of sp³-hybridized carbons (Fsp3) is 0.381. The number of rotatable bonds is 7. The van der Waals surface area contributed by atoms with E-state index < -0.39 is 0 Å². The van der Waals surface area contributed by atoms with Gasteiger partial charge in [0.05, 0.1) is 6.10 Å². The molecule has 1 atom stereocenters. The fourth-order valence-electron chi connectivity index (χ4n) is 3.06. The Labute approximate surface area is 153 Å². The van der Waals surface area contributed by atoms with Crippen LogP contribution in [0.1, 0.15) is 24.0 Å². The summed E-state index contributed by atoms with van der Waals surface area (Å²) >= 11 is 0.